The number of nitrogens with two attached hydrogens (primary N) is 1. The molecule has 0 radical (unpaired) electrons. The number of rotatable bonds is 6. The molecular weight excluding hydrogens is 386 g/mol. The predicted octanol–water partition coefficient (Wildman–Crippen LogP) is -0.182. The van der Waals surface area contributed by atoms with Crippen LogP contribution in [0.2, 0.25) is 0 Å². The van der Waals surface area contributed by atoms with E-state index < -0.39 is 18.0 Å². The van der Waals surface area contributed by atoms with E-state index in [0.717, 1.165) is 0 Å². The van der Waals surface area contributed by atoms with Gasteiger partial charge in [-0.05, 0) is 13.3 Å². The lowest BCUT2D eigenvalue weighted by atomic mass is 9.79. The fourth-order valence-electron chi connectivity index (χ4n) is 4.33. The molecule has 0 unspecified atom stereocenters. The Morgan fingerprint density at radius 3 is 2.89 bits per heavy atom. The van der Waals surface area contributed by atoms with Crippen molar-refractivity contribution < 1.29 is 24.3 Å². The van der Waals surface area contributed by atoms with Crippen molar-refractivity contribution in [2.24, 2.45) is 17.6 Å². The van der Waals surface area contributed by atoms with E-state index >= 15 is 0 Å². The molecule has 1 amide bonds. The number of aliphatic hydroxyl groups excluding tert-OH is 1. The van der Waals surface area contributed by atoms with Gasteiger partial charge in [-0.2, -0.15) is 4.98 Å². The molecule has 1 aromatic heterocycles. The second-order valence-corrected chi connectivity index (χ2v) is 8.80. The van der Waals surface area contributed by atoms with E-state index in [0.29, 0.717) is 29.6 Å². The minimum Gasteiger partial charge on any atom is -0.477 e. The van der Waals surface area contributed by atoms with Crippen molar-refractivity contribution in [1.82, 2.24) is 20.4 Å². The highest BCUT2D eigenvalue weighted by atomic mass is 32.2. The predicted molar refractivity (Wildman–Crippen MR) is 98.6 cm³/mol. The minimum absolute atomic E-state index is 0.0519. The van der Waals surface area contributed by atoms with Crippen molar-refractivity contribution in [2.75, 3.05) is 6.54 Å². The van der Waals surface area contributed by atoms with Gasteiger partial charge >= 0.3 is 5.97 Å². The number of aliphatic carboxylic acids is 1. The maximum atomic E-state index is 12.4. The van der Waals surface area contributed by atoms with E-state index in [2.05, 4.69) is 15.5 Å². The Morgan fingerprint density at radius 2 is 2.29 bits per heavy atom. The van der Waals surface area contributed by atoms with E-state index in [1.807, 2.05) is 6.92 Å². The molecule has 6 atom stereocenters. The largest absolute Gasteiger partial charge is 0.477 e. The van der Waals surface area contributed by atoms with E-state index in [4.69, 9.17) is 10.3 Å². The van der Waals surface area contributed by atoms with Gasteiger partial charge in [0.25, 0.3) is 0 Å². The molecule has 4 heterocycles. The number of amides is 1. The summed E-state index contributed by atoms with van der Waals surface area (Å²) in [5, 5.41) is 26.9. The number of β-lactam (4-membered cyclic amide) rings is 1. The maximum Gasteiger partial charge on any atom is 0.353 e. The summed E-state index contributed by atoms with van der Waals surface area (Å²) in [6.45, 7) is 4.35. The summed E-state index contributed by atoms with van der Waals surface area (Å²) in [6, 6.07) is -0.408. The van der Waals surface area contributed by atoms with E-state index in [1.54, 1.807) is 6.92 Å². The smallest absolute Gasteiger partial charge is 0.353 e. The Bertz CT molecular complexity index is 840. The first kappa shape index (κ1) is 19.4. The molecule has 152 valence electrons. The summed E-state index contributed by atoms with van der Waals surface area (Å²) in [4.78, 5) is 30.6. The van der Waals surface area contributed by atoms with Crippen molar-refractivity contribution >= 4 is 23.6 Å². The number of fused-ring (bicyclic) bond motifs is 1. The number of carbonyl (C=O) groups excluding carboxylic acids is 1. The zero-order valence-electron chi connectivity index (χ0n) is 15.5. The third-order valence-corrected chi connectivity index (χ3v) is 7.17. The van der Waals surface area contributed by atoms with Gasteiger partial charge in [0.05, 0.1) is 30.7 Å². The Labute approximate surface area is 165 Å². The zero-order chi connectivity index (χ0) is 20.2. The summed E-state index contributed by atoms with van der Waals surface area (Å²) in [5.41, 5.74) is 5.56. The van der Waals surface area contributed by atoms with Crippen molar-refractivity contribution in [2.45, 2.75) is 50.3 Å². The minimum atomic E-state index is -1.11. The first-order valence-electron chi connectivity index (χ1n) is 9.24. The summed E-state index contributed by atoms with van der Waals surface area (Å²) in [5.74, 6) is -1.20. The van der Waals surface area contributed by atoms with Crippen LogP contribution in [0.3, 0.4) is 0 Å². The molecule has 28 heavy (non-hydrogen) atoms. The fourth-order valence-corrected chi connectivity index (χ4v) is 5.81. The molecule has 0 aromatic carbocycles. The molecule has 2 fully saturated rings. The molecule has 3 aliphatic heterocycles. The number of carboxylic acid groups (broad SMARTS) is 1. The van der Waals surface area contributed by atoms with E-state index in [1.165, 1.54) is 16.7 Å². The average molecular weight is 409 g/mol. The van der Waals surface area contributed by atoms with Gasteiger partial charge in [0, 0.05) is 22.6 Å². The van der Waals surface area contributed by atoms with Crippen molar-refractivity contribution in [3.8, 4) is 0 Å². The molecule has 1 aromatic rings. The molecule has 5 N–H and O–H groups in total. The van der Waals surface area contributed by atoms with Gasteiger partial charge in [-0.15, -0.1) is 11.8 Å². The lowest BCUT2D eigenvalue weighted by Gasteiger charge is -2.46. The van der Waals surface area contributed by atoms with Crippen LogP contribution in [-0.2, 0) is 16.1 Å². The highest BCUT2D eigenvalue weighted by Crippen LogP contribution is 2.52. The van der Waals surface area contributed by atoms with Crippen LogP contribution in [0.1, 0.15) is 38.0 Å². The number of nitrogens with one attached hydrogen (secondary N) is 1. The second-order valence-electron chi connectivity index (χ2n) is 7.46. The normalized spacial score (nSPS) is 33.2. The number of carboxylic acids is 1. The third-order valence-electron chi connectivity index (χ3n) is 5.66. The Morgan fingerprint density at radius 1 is 1.54 bits per heavy atom. The lowest BCUT2D eigenvalue weighted by Crippen LogP contribution is -2.63. The number of hydrogen-bond acceptors (Lipinski definition) is 9. The highest BCUT2D eigenvalue weighted by molar-refractivity contribution is 8.03. The van der Waals surface area contributed by atoms with Crippen molar-refractivity contribution in [3.63, 3.8) is 0 Å². The Hall–Kier alpha value is -1.95. The summed E-state index contributed by atoms with van der Waals surface area (Å²) < 4.78 is 5.24. The van der Waals surface area contributed by atoms with Gasteiger partial charge in [-0.1, -0.05) is 12.1 Å². The van der Waals surface area contributed by atoms with Gasteiger partial charge in [0.15, 0.2) is 5.82 Å². The summed E-state index contributed by atoms with van der Waals surface area (Å²) in [7, 11) is 0. The van der Waals surface area contributed by atoms with Gasteiger partial charge in [0.2, 0.25) is 11.8 Å². The second kappa shape index (κ2) is 7.14. The topological polar surface area (TPSA) is 155 Å². The molecule has 0 aliphatic carbocycles. The van der Waals surface area contributed by atoms with E-state index in [-0.39, 0.29) is 41.4 Å². The van der Waals surface area contributed by atoms with Gasteiger partial charge in [-0.3, -0.25) is 4.79 Å². The molecule has 0 bridgehead atoms. The van der Waals surface area contributed by atoms with Crippen LogP contribution in [-0.4, -0.2) is 61.1 Å². The van der Waals surface area contributed by atoms with Crippen molar-refractivity contribution in [1.29, 1.82) is 0 Å². The van der Waals surface area contributed by atoms with Crippen LogP contribution < -0.4 is 11.1 Å². The molecule has 0 saturated carbocycles. The zero-order valence-corrected chi connectivity index (χ0v) is 16.3. The first-order valence-corrected chi connectivity index (χ1v) is 10.1. The fraction of sp³-hybridized carbons (Fsp3) is 0.647. The molecule has 0 spiro atoms. The standard InChI is InChI=1S/C17H23N5O5S/c1-6-12-11(7(2)23)16(24)22(12)13(17(25)26)14(6)28-8-3-9(19-5-8)15-20-10(4-18)21-27-15/h6-9,11-12,19,23H,3-5,18H2,1-2H3,(H,25,26)/t6-,7-,8+,9+,11-,12-/m1/s1. The number of nitrogens with zero attached hydrogens (tertiary/aromatic N) is 3. The molecular formula is C17H23N5O5S. The van der Waals surface area contributed by atoms with Gasteiger partial charge < -0.3 is 30.7 Å². The van der Waals surface area contributed by atoms with Gasteiger partial charge in [-0.25, -0.2) is 4.79 Å². The Balaban J connectivity index is 1.51. The summed E-state index contributed by atoms with van der Waals surface area (Å²) >= 11 is 1.48. The maximum absolute atomic E-state index is 12.4. The van der Waals surface area contributed by atoms with Crippen molar-refractivity contribution in [3.05, 3.63) is 22.3 Å². The monoisotopic (exact) mass is 409 g/mol. The quantitative estimate of drug-likeness (QED) is 0.465. The first-order chi connectivity index (χ1) is 13.3. The van der Waals surface area contributed by atoms with E-state index in [9.17, 15) is 19.8 Å². The molecule has 2 saturated heterocycles. The number of thioether (sulfide) groups is 1. The Kier molecular flexibility index (Phi) is 4.94. The lowest BCUT2D eigenvalue weighted by molar-refractivity contribution is -0.163. The molecule has 11 heteroatoms. The van der Waals surface area contributed by atoms with Crippen LogP contribution in [0, 0.1) is 11.8 Å². The van der Waals surface area contributed by atoms with Crippen LogP contribution in [0.15, 0.2) is 15.1 Å². The number of carbonyl (C=O) groups is 2. The molecule has 4 rings (SSSR count). The van der Waals surface area contributed by atoms with Crippen LogP contribution in [0.25, 0.3) is 0 Å². The highest BCUT2D eigenvalue weighted by Gasteiger charge is 2.60. The number of aliphatic hydroxyl groups is 1. The average Bonchev–Trinajstić information content (AvgIpc) is 3.33. The summed E-state index contributed by atoms with van der Waals surface area (Å²) in [6.07, 6.45) is -0.110. The van der Waals surface area contributed by atoms with Gasteiger partial charge in [0.1, 0.15) is 5.70 Å². The number of hydrogen-bond donors (Lipinski definition) is 4. The molecule has 10 nitrogen and oxygen atoms in total. The van der Waals surface area contributed by atoms with Crippen LogP contribution >= 0.6 is 11.8 Å². The third kappa shape index (κ3) is 2.93. The SMILES string of the molecule is C[C@@H](O)[C@H]1C(=O)N2C(C(=O)O)=C(S[C@@H]3CN[C@H](c4nc(CN)no4)C3)[C@H](C)[C@H]12. The van der Waals surface area contributed by atoms with Crippen LogP contribution in [0.5, 0.6) is 0 Å². The number of aromatic nitrogens is 2. The van der Waals surface area contributed by atoms with Crippen LogP contribution in [0.4, 0.5) is 0 Å². The molecule has 3 aliphatic rings.